The molecule has 0 aliphatic carbocycles. The lowest BCUT2D eigenvalue weighted by Crippen LogP contribution is -2.15. The Morgan fingerprint density at radius 3 is 2.91 bits per heavy atom. The molecule has 0 fully saturated rings. The van der Waals surface area contributed by atoms with E-state index in [1.807, 2.05) is 13.0 Å². The van der Waals surface area contributed by atoms with E-state index in [4.69, 9.17) is 15.1 Å². The zero-order valence-electron chi connectivity index (χ0n) is 12.6. The van der Waals surface area contributed by atoms with Gasteiger partial charge in [-0.2, -0.15) is 0 Å². The lowest BCUT2D eigenvalue weighted by atomic mass is 9.93. The molecule has 0 saturated carbocycles. The zero-order chi connectivity index (χ0) is 16.4. The molecular weight excluding hydrogens is 286 g/mol. The number of carbonyl (C=O) groups is 1. The third-order valence-electron chi connectivity index (χ3n) is 3.27. The largest absolute Gasteiger partial charge is 0.491 e. The Balaban J connectivity index is 2.53. The number of benzene rings is 1. The van der Waals surface area contributed by atoms with Gasteiger partial charge in [0.2, 0.25) is 0 Å². The zero-order valence-corrected chi connectivity index (χ0v) is 12.6. The highest BCUT2D eigenvalue weighted by Gasteiger charge is 2.16. The number of nitrogens with one attached hydrogen (secondary N) is 1. The smallest absolute Gasteiger partial charge is 0.267 e. The molecule has 0 aromatic heterocycles. The molecule has 1 aromatic rings. The number of carbonyl (C=O) groups excluding carboxylic acids is 1. The molecule has 0 unspecified atom stereocenters. The number of amides is 1. The summed E-state index contributed by atoms with van der Waals surface area (Å²) in [6, 6.07) is 7.14. The summed E-state index contributed by atoms with van der Waals surface area (Å²) in [5.74, 6) is 0.0363. The molecule has 22 heavy (non-hydrogen) atoms. The third-order valence-corrected chi connectivity index (χ3v) is 3.27. The number of hydroxylamine groups is 1. The van der Waals surface area contributed by atoms with Crippen LogP contribution in [0.25, 0.3) is 0 Å². The van der Waals surface area contributed by atoms with E-state index in [0.717, 1.165) is 5.56 Å². The Bertz CT molecular complexity index is 489. The molecule has 1 aromatic carbocycles. The Kier molecular flexibility index (Phi) is 8.21. The second kappa shape index (κ2) is 9.94. The van der Waals surface area contributed by atoms with Gasteiger partial charge < -0.3 is 14.9 Å². The van der Waals surface area contributed by atoms with Crippen LogP contribution in [0.1, 0.15) is 31.4 Å². The Hall–Kier alpha value is -1.89. The molecule has 0 spiro atoms. The fraction of sp³-hybridized carbons (Fsp3) is 0.438. The number of rotatable bonds is 9. The maximum atomic E-state index is 10.8. The van der Waals surface area contributed by atoms with Crippen molar-refractivity contribution in [2.24, 2.45) is 5.92 Å². The summed E-state index contributed by atoms with van der Waals surface area (Å²) in [5.41, 5.74) is 2.27. The van der Waals surface area contributed by atoms with Gasteiger partial charge >= 0.3 is 0 Å². The van der Waals surface area contributed by atoms with Crippen molar-refractivity contribution in [3.63, 3.8) is 0 Å². The van der Waals surface area contributed by atoms with Gasteiger partial charge in [0.15, 0.2) is 0 Å². The van der Waals surface area contributed by atoms with Crippen molar-refractivity contribution in [2.75, 3.05) is 13.2 Å². The minimum absolute atomic E-state index is 0.00469. The van der Waals surface area contributed by atoms with Gasteiger partial charge in [-0.25, -0.2) is 5.48 Å². The lowest BCUT2D eigenvalue weighted by molar-refractivity contribution is -0.124. The van der Waals surface area contributed by atoms with Gasteiger partial charge in [-0.15, -0.1) is 0 Å². The molecule has 0 heterocycles. The highest BCUT2D eigenvalue weighted by Crippen LogP contribution is 2.27. The van der Waals surface area contributed by atoms with E-state index < -0.39 is 12.0 Å². The van der Waals surface area contributed by atoms with E-state index in [2.05, 4.69) is 0 Å². The van der Waals surface area contributed by atoms with Gasteiger partial charge in [0.05, 0.1) is 12.7 Å². The first-order valence-corrected chi connectivity index (χ1v) is 7.20. The number of allylic oxidation sites excluding steroid dienone is 1. The lowest BCUT2D eigenvalue weighted by Gasteiger charge is -2.19. The summed E-state index contributed by atoms with van der Waals surface area (Å²) < 4.78 is 5.32. The molecular formula is C16H23NO5. The summed E-state index contributed by atoms with van der Waals surface area (Å²) in [7, 11) is 0. The summed E-state index contributed by atoms with van der Waals surface area (Å²) in [4.78, 5) is 10.8. The monoisotopic (exact) mass is 309 g/mol. The van der Waals surface area contributed by atoms with Crippen molar-refractivity contribution in [1.82, 2.24) is 5.48 Å². The minimum Gasteiger partial charge on any atom is -0.491 e. The highest BCUT2D eigenvalue weighted by atomic mass is 16.5. The van der Waals surface area contributed by atoms with Crippen LogP contribution in [0, 0.1) is 5.92 Å². The number of aliphatic hydroxyl groups excluding tert-OH is 2. The van der Waals surface area contributed by atoms with Crippen LogP contribution >= 0.6 is 0 Å². The van der Waals surface area contributed by atoms with Crippen LogP contribution in [0.3, 0.4) is 0 Å². The van der Waals surface area contributed by atoms with E-state index in [-0.39, 0.29) is 19.1 Å². The Morgan fingerprint density at radius 2 is 2.23 bits per heavy atom. The van der Waals surface area contributed by atoms with Crippen LogP contribution in [0.2, 0.25) is 0 Å². The van der Waals surface area contributed by atoms with Crippen LogP contribution in [0.15, 0.2) is 36.4 Å². The summed E-state index contributed by atoms with van der Waals surface area (Å²) >= 11 is 0. The van der Waals surface area contributed by atoms with Gasteiger partial charge in [-0.1, -0.05) is 25.1 Å². The van der Waals surface area contributed by atoms with Gasteiger partial charge in [-0.05, 0) is 36.5 Å². The molecule has 0 aliphatic rings. The fourth-order valence-corrected chi connectivity index (χ4v) is 2.02. The standard InChI is InChI=1S/C16H23NO5/c1-12(5-2-3-8-15(19)17-21)16(20)13-6-4-7-14(11-13)22-10-9-18/h3-4,6-8,11-12,16,18,20-21H,2,5,9-10H2,1H3,(H,17,19)/b8-3+/t12-,16-/m0/s1. The van der Waals surface area contributed by atoms with Crippen molar-refractivity contribution in [2.45, 2.75) is 25.9 Å². The second-order valence-corrected chi connectivity index (χ2v) is 5.02. The Labute approximate surface area is 130 Å². The average Bonchev–Trinajstić information content (AvgIpc) is 2.55. The topological polar surface area (TPSA) is 99.0 Å². The van der Waals surface area contributed by atoms with Gasteiger partial charge in [0.1, 0.15) is 12.4 Å². The van der Waals surface area contributed by atoms with Gasteiger partial charge in [-0.3, -0.25) is 10.0 Å². The van der Waals surface area contributed by atoms with Gasteiger partial charge in [0.25, 0.3) is 5.91 Å². The first kappa shape index (κ1) is 18.2. The molecule has 4 N–H and O–H groups in total. The summed E-state index contributed by atoms with van der Waals surface area (Å²) in [6.45, 7) is 2.08. The number of ether oxygens (including phenoxy) is 1. The molecule has 2 atom stereocenters. The van der Waals surface area contributed by atoms with Crippen molar-refractivity contribution < 1.29 is 25.0 Å². The van der Waals surface area contributed by atoms with Crippen molar-refractivity contribution in [1.29, 1.82) is 0 Å². The predicted molar refractivity (Wildman–Crippen MR) is 81.4 cm³/mol. The van der Waals surface area contributed by atoms with Crippen molar-refractivity contribution in [3.05, 3.63) is 42.0 Å². The molecule has 1 amide bonds. The van der Waals surface area contributed by atoms with E-state index in [9.17, 15) is 9.90 Å². The van der Waals surface area contributed by atoms with E-state index in [0.29, 0.717) is 18.6 Å². The number of hydrogen-bond acceptors (Lipinski definition) is 5. The SMILES string of the molecule is C[C@@H](CC/C=C/C(=O)NO)[C@H](O)c1cccc(OCCO)c1. The molecule has 0 radical (unpaired) electrons. The van der Waals surface area contributed by atoms with E-state index in [1.54, 1.807) is 24.3 Å². The maximum absolute atomic E-state index is 10.8. The van der Waals surface area contributed by atoms with Crippen LogP contribution < -0.4 is 10.2 Å². The summed E-state index contributed by atoms with van der Waals surface area (Å²) in [6.07, 6.45) is 3.57. The number of aliphatic hydroxyl groups is 2. The quantitative estimate of drug-likeness (QED) is 0.315. The van der Waals surface area contributed by atoms with Crippen molar-refractivity contribution >= 4 is 5.91 Å². The number of hydrogen-bond donors (Lipinski definition) is 4. The third kappa shape index (κ3) is 6.26. The van der Waals surface area contributed by atoms with Crippen LogP contribution in [-0.2, 0) is 4.79 Å². The Morgan fingerprint density at radius 1 is 1.45 bits per heavy atom. The maximum Gasteiger partial charge on any atom is 0.267 e. The molecule has 6 heteroatoms. The molecule has 122 valence electrons. The molecule has 0 bridgehead atoms. The average molecular weight is 309 g/mol. The minimum atomic E-state index is -0.641. The van der Waals surface area contributed by atoms with E-state index >= 15 is 0 Å². The first-order valence-electron chi connectivity index (χ1n) is 7.20. The summed E-state index contributed by atoms with van der Waals surface area (Å²) in [5, 5.41) is 27.4. The normalized spacial score (nSPS) is 13.8. The second-order valence-electron chi connectivity index (χ2n) is 5.02. The molecule has 0 aliphatic heterocycles. The molecule has 6 nitrogen and oxygen atoms in total. The highest BCUT2D eigenvalue weighted by molar-refractivity contribution is 5.86. The first-order chi connectivity index (χ1) is 10.6. The van der Waals surface area contributed by atoms with Crippen LogP contribution in [0.5, 0.6) is 5.75 Å². The van der Waals surface area contributed by atoms with Crippen LogP contribution in [0.4, 0.5) is 0 Å². The van der Waals surface area contributed by atoms with Crippen molar-refractivity contribution in [3.8, 4) is 5.75 Å². The molecule has 1 rings (SSSR count). The molecule has 0 saturated heterocycles. The van der Waals surface area contributed by atoms with Crippen LogP contribution in [-0.4, -0.2) is 34.5 Å². The fourth-order valence-electron chi connectivity index (χ4n) is 2.02. The van der Waals surface area contributed by atoms with E-state index in [1.165, 1.54) is 11.6 Å². The van der Waals surface area contributed by atoms with Gasteiger partial charge in [0, 0.05) is 6.08 Å². The predicted octanol–water partition coefficient (Wildman–Crippen LogP) is 1.57.